The van der Waals surface area contributed by atoms with E-state index in [0.29, 0.717) is 35.3 Å². The Morgan fingerprint density at radius 1 is 1.07 bits per heavy atom. The molecule has 0 spiro atoms. The third kappa shape index (κ3) is 3.16. The fourth-order valence-corrected chi connectivity index (χ4v) is 4.37. The van der Waals surface area contributed by atoms with Crippen molar-refractivity contribution in [2.45, 2.75) is 38.8 Å². The second-order valence-electron chi connectivity index (χ2n) is 7.82. The van der Waals surface area contributed by atoms with Gasteiger partial charge in [0.25, 0.3) is 5.91 Å². The molecule has 2 aromatic rings. The van der Waals surface area contributed by atoms with Crippen LogP contribution in [-0.4, -0.2) is 40.6 Å². The Bertz CT molecular complexity index is 1060. The Labute approximate surface area is 174 Å². The van der Waals surface area contributed by atoms with Crippen LogP contribution in [0.15, 0.2) is 48.5 Å². The fraction of sp³-hybridized carbons (Fsp3) is 0.304. The van der Waals surface area contributed by atoms with Crippen molar-refractivity contribution in [3.8, 4) is 0 Å². The zero-order valence-corrected chi connectivity index (χ0v) is 17.0. The third-order valence-corrected chi connectivity index (χ3v) is 5.89. The van der Waals surface area contributed by atoms with Gasteiger partial charge < -0.3 is 10.2 Å². The molecule has 1 fully saturated rings. The Morgan fingerprint density at radius 2 is 1.77 bits per heavy atom. The van der Waals surface area contributed by atoms with Gasteiger partial charge in [-0.25, -0.2) is 0 Å². The lowest BCUT2D eigenvalue weighted by atomic mass is 9.98. The van der Waals surface area contributed by atoms with Gasteiger partial charge in [-0.1, -0.05) is 24.3 Å². The van der Waals surface area contributed by atoms with E-state index in [1.54, 1.807) is 52.3 Å². The van der Waals surface area contributed by atoms with Crippen molar-refractivity contribution in [1.29, 1.82) is 0 Å². The van der Waals surface area contributed by atoms with Crippen molar-refractivity contribution in [2.24, 2.45) is 0 Å². The SMILES string of the molecule is CC(=O)c1ccccc1NC(=O)CCN1C(=O)c2ccccc2N2C(=O)CCC12C. The Hall–Kier alpha value is -3.48. The van der Waals surface area contributed by atoms with Crippen molar-refractivity contribution in [3.63, 3.8) is 0 Å². The minimum Gasteiger partial charge on any atom is -0.325 e. The van der Waals surface area contributed by atoms with Gasteiger partial charge >= 0.3 is 0 Å². The van der Waals surface area contributed by atoms with E-state index < -0.39 is 5.66 Å². The summed E-state index contributed by atoms with van der Waals surface area (Å²) in [6, 6.07) is 13.9. The quantitative estimate of drug-likeness (QED) is 0.774. The summed E-state index contributed by atoms with van der Waals surface area (Å²) in [6.45, 7) is 3.48. The van der Waals surface area contributed by atoms with Crippen LogP contribution < -0.4 is 10.2 Å². The first kappa shape index (κ1) is 19.8. The standard InChI is InChI=1S/C23H23N3O4/c1-15(27)16-7-3-5-9-18(16)24-20(28)12-14-25-22(30)17-8-4-6-10-19(17)26-21(29)11-13-23(25,26)2/h3-10H,11-14H2,1-2H3,(H,24,28). The second kappa shape index (κ2) is 7.40. The highest BCUT2D eigenvalue weighted by molar-refractivity contribution is 6.10. The zero-order chi connectivity index (χ0) is 21.5. The Morgan fingerprint density at radius 3 is 2.53 bits per heavy atom. The molecule has 2 aliphatic heterocycles. The molecule has 7 nitrogen and oxygen atoms in total. The van der Waals surface area contributed by atoms with E-state index in [0.717, 1.165) is 0 Å². The number of hydrogen-bond donors (Lipinski definition) is 1. The molecule has 2 heterocycles. The van der Waals surface area contributed by atoms with Gasteiger partial charge in [0.2, 0.25) is 11.8 Å². The first-order chi connectivity index (χ1) is 14.3. The van der Waals surface area contributed by atoms with E-state index in [1.807, 2.05) is 13.0 Å². The molecule has 4 rings (SSSR count). The lowest BCUT2D eigenvalue weighted by molar-refractivity contribution is -0.117. The highest BCUT2D eigenvalue weighted by Gasteiger charge is 2.52. The number of fused-ring (bicyclic) bond motifs is 3. The van der Waals surface area contributed by atoms with E-state index in [-0.39, 0.29) is 36.5 Å². The van der Waals surface area contributed by atoms with Gasteiger partial charge in [0.05, 0.1) is 16.9 Å². The van der Waals surface area contributed by atoms with Gasteiger partial charge in [-0.2, -0.15) is 0 Å². The van der Waals surface area contributed by atoms with Crippen LogP contribution in [0.3, 0.4) is 0 Å². The van der Waals surface area contributed by atoms with Crippen molar-refractivity contribution < 1.29 is 19.2 Å². The smallest absolute Gasteiger partial charge is 0.257 e. The molecule has 0 radical (unpaired) electrons. The number of ketones is 1. The molecule has 1 N–H and O–H groups in total. The molecule has 0 aliphatic carbocycles. The fourth-order valence-electron chi connectivity index (χ4n) is 4.37. The number of rotatable bonds is 5. The number of para-hydroxylation sites is 2. The predicted molar refractivity (Wildman–Crippen MR) is 112 cm³/mol. The molecule has 0 aromatic heterocycles. The average Bonchev–Trinajstić information content (AvgIpc) is 3.03. The Kier molecular flexibility index (Phi) is 4.89. The number of amides is 3. The van der Waals surface area contributed by atoms with Gasteiger partial charge in [-0.15, -0.1) is 0 Å². The molecule has 1 saturated heterocycles. The van der Waals surface area contributed by atoms with Crippen LogP contribution in [0.2, 0.25) is 0 Å². The maximum Gasteiger partial charge on any atom is 0.257 e. The first-order valence-electron chi connectivity index (χ1n) is 9.97. The van der Waals surface area contributed by atoms with Gasteiger partial charge in [-0.05, 0) is 44.5 Å². The normalized spacial score (nSPS) is 20.1. The molecule has 154 valence electrons. The summed E-state index contributed by atoms with van der Waals surface area (Å²) in [5.41, 5.74) is 1.19. The summed E-state index contributed by atoms with van der Waals surface area (Å²) >= 11 is 0. The number of hydrogen-bond acceptors (Lipinski definition) is 4. The lowest BCUT2D eigenvalue weighted by Crippen LogP contribution is -2.62. The van der Waals surface area contributed by atoms with Crippen LogP contribution in [0.1, 0.15) is 53.8 Å². The van der Waals surface area contributed by atoms with Crippen molar-refractivity contribution in [2.75, 3.05) is 16.8 Å². The number of carbonyl (C=O) groups excluding carboxylic acids is 4. The predicted octanol–water partition coefficient (Wildman–Crippen LogP) is 3.22. The van der Waals surface area contributed by atoms with Crippen LogP contribution in [0.25, 0.3) is 0 Å². The van der Waals surface area contributed by atoms with Gasteiger partial charge in [-0.3, -0.25) is 24.1 Å². The minimum absolute atomic E-state index is 0.0257. The molecule has 1 unspecified atom stereocenters. The number of Topliss-reactive ketones (excluding diaryl/α,β-unsaturated/α-hetero) is 1. The number of nitrogens with one attached hydrogen (secondary N) is 1. The maximum atomic E-state index is 13.2. The minimum atomic E-state index is -0.792. The van der Waals surface area contributed by atoms with Gasteiger partial charge in [0.1, 0.15) is 5.66 Å². The molecule has 0 bridgehead atoms. The van der Waals surface area contributed by atoms with E-state index >= 15 is 0 Å². The van der Waals surface area contributed by atoms with Crippen molar-refractivity contribution >= 4 is 34.9 Å². The summed E-state index contributed by atoms with van der Waals surface area (Å²) in [5, 5.41) is 2.77. The van der Waals surface area contributed by atoms with E-state index in [4.69, 9.17) is 0 Å². The summed E-state index contributed by atoms with van der Waals surface area (Å²) in [4.78, 5) is 53.5. The highest BCUT2D eigenvalue weighted by atomic mass is 16.2. The lowest BCUT2D eigenvalue weighted by Gasteiger charge is -2.48. The summed E-state index contributed by atoms with van der Waals surface area (Å²) in [6.07, 6.45) is 0.922. The number of carbonyl (C=O) groups is 4. The Balaban J connectivity index is 1.55. The van der Waals surface area contributed by atoms with Gasteiger partial charge in [0.15, 0.2) is 5.78 Å². The van der Waals surface area contributed by atoms with Crippen LogP contribution in [-0.2, 0) is 9.59 Å². The molecule has 2 aliphatic rings. The van der Waals surface area contributed by atoms with Gasteiger partial charge in [0, 0.05) is 24.9 Å². The molecule has 1 atom stereocenters. The average molecular weight is 405 g/mol. The monoisotopic (exact) mass is 405 g/mol. The largest absolute Gasteiger partial charge is 0.325 e. The molecule has 3 amide bonds. The van der Waals surface area contributed by atoms with E-state index in [1.165, 1.54) is 6.92 Å². The summed E-state index contributed by atoms with van der Waals surface area (Å²) in [5.74, 6) is -0.644. The van der Waals surface area contributed by atoms with Crippen LogP contribution >= 0.6 is 0 Å². The molecule has 0 saturated carbocycles. The number of benzene rings is 2. The molecular formula is C23H23N3O4. The summed E-state index contributed by atoms with van der Waals surface area (Å²) in [7, 11) is 0. The topological polar surface area (TPSA) is 86.8 Å². The van der Waals surface area contributed by atoms with Crippen LogP contribution in [0, 0.1) is 0 Å². The third-order valence-electron chi connectivity index (χ3n) is 5.89. The molecule has 2 aromatic carbocycles. The maximum absolute atomic E-state index is 13.2. The zero-order valence-electron chi connectivity index (χ0n) is 17.0. The first-order valence-corrected chi connectivity index (χ1v) is 9.97. The molecular weight excluding hydrogens is 382 g/mol. The molecule has 30 heavy (non-hydrogen) atoms. The van der Waals surface area contributed by atoms with Crippen molar-refractivity contribution in [3.05, 3.63) is 59.7 Å². The molecule has 7 heteroatoms. The van der Waals surface area contributed by atoms with E-state index in [9.17, 15) is 19.2 Å². The van der Waals surface area contributed by atoms with Crippen LogP contribution in [0.4, 0.5) is 11.4 Å². The van der Waals surface area contributed by atoms with Crippen LogP contribution in [0.5, 0.6) is 0 Å². The van der Waals surface area contributed by atoms with Crippen molar-refractivity contribution in [1.82, 2.24) is 4.90 Å². The van der Waals surface area contributed by atoms with E-state index in [2.05, 4.69) is 5.32 Å². The number of anilines is 2. The summed E-state index contributed by atoms with van der Waals surface area (Å²) < 4.78 is 0. The highest BCUT2D eigenvalue weighted by Crippen LogP contribution is 2.43. The second-order valence-corrected chi connectivity index (χ2v) is 7.82. The number of nitrogens with zero attached hydrogens (tertiary/aromatic N) is 2.